The quantitative estimate of drug-likeness (QED) is 0.497. The van der Waals surface area contributed by atoms with Crippen molar-refractivity contribution >= 4 is 0 Å². The number of hydrogen-bond donors (Lipinski definition) is 2. The van der Waals surface area contributed by atoms with Gasteiger partial charge in [-0.1, -0.05) is 20.3 Å². The zero-order valence-electron chi connectivity index (χ0n) is 10.7. The van der Waals surface area contributed by atoms with Gasteiger partial charge in [-0.05, 0) is 19.4 Å². The Hall–Kier alpha value is -0.160. The molecule has 1 unspecified atom stereocenters. The highest BCUT2D eigenvalue weighted by atomic mass is 16.5. The molecule has 1 atom stereocenters. The van der Waals surface area contributed by atoms with Crippen LogP contribution in [0.15, 0.2) is 0 Å². The lowest BCUT2D eigenvalue weighted by Crippen LogP contribution is -2.26. The van der Waals surface area contributed by atoms with Crippen LogP contribution in [0.25, 0.3) is 0 Å². The third kappa shape index (κ3) is 11.9. The summed E-state index contributed by atoms with van der Waals surface area (Å²) in [4.78, 5) is 0. The fourth-order valence-electron chi connectivity index (χ4n) is 1.18. The molecule has 4 nitrogen and oxygen atoms in total. The van der Waals surface area contributed by atoms with Crippen LogP contribution in [0, 0.1) is 0 Å². The number of ether oxygens (including phenoxy) is 2. The highest BCUT2D eigenvalue weighted by Gasteiger charge is 2.03. The lowest BCUT2D eigenvalue weighted by Gasteiger charge is -2.11. The van der Waals surface area contributed by atoms with Crippen LogP contribution in [0.5, 0.6) is 0 Å². The first kappa shape index (κ1) is 15.8. The highest BCUT2D eigenvalue weighted by Crippen LogP contribution is 1.91. The van der Waals surface area contributed by atoms with Gasteiger partial charge in [-0.3, -0.25) is 0 Å². The summed E-state index contributed by atoms with van der Waals surface area (Å²) in [6.45, 7) is 8.22. The largest absolute Gasteiger partial charge is 0.388 e. The summed E-state index contributed by atoms with van der Waals surface area (Å²) >= 11 is 0. The lowest BCUT2D eigenvalue weighted by atomic mass is 10.3. The standard InChI is InChI=1S/C12H27NO3/c1-3-5-8-15-10-12(14)11-16-9-7-13-6-4-2/h12-14H,3-11H2,1-2H3. The van der Waals surface area contributed by atoms with E-state index in [1.807, 2.05) is 0 Å². The molecule has 0 fully saturated rings. The van der Waals surface area contributed by atoms with E-state index in [0.29, 0.717) is 19.8 Å². The number of nitrogens with one attached hydrogen (secondary N) is 1. The van der Waals surface area contributed by atoms with Gasteiger partial charge in [0, 0.05) is 13.2 Å². The minimum atomic E-state index is -0.497. The Labute approximate surface area is 99.3 Å². The summed E-state index contributed by atoms with van der Waals surface area (Å²) in [6.07, 6.45) is 2.81. The molecule has 4 heteroatoms. The molecule has 0 spiro atoms. The second kappa shape index (κ2) is 12.9. The summed E-state index contributed by atoms with van der Waals surface area (Å²) in [5, 5.41) is 12.7. The highest BCUT2D eigenvalue weighted by molar-refractivity contribution is 4.52. The maximum atomic E-state index is 9.48. The molecule has 0 aromatic rings. The van der Waals surface area contributed by atoms with Gasteiger partial charge in [-0.15, -0.1) is 0 Å². The van der Waals surface area contributed by atoms with Gasteiger partial charge in [0.1, 0.15) is 6.10 Å². The van der Waals surface area contributed by atoms with Crippen LogP contribution in [0.2, 0.25) is 0 Å². The van der Waals surface area contributed by atoms with E-state index in [0.717, 1.165) is 39.0 Å². The number of rotatable bonds is 12. The van der Waals surface area contributed by atoms with Gasteiger partial charge >= 0.3 is 0 Å². The smallest absolute Gasteiger partial charge is 0.101 e. The van der Waals surface area contributed by atoms with Gasteiger partial charge in [0.2, 0.25) is 0 Å². The van der Waals surface area contributed by atoms with Gasteiger partial charge in [-0.25, -0.2) is 0 Å². The van der Waals surface area contributed by atoms with Crippen LogP contribution < -0.4 is 5.32 Å². The predicted molar refractivity (Wildman–Crippen MR) is 65.7 cm³/mol. The van der Waals surface area contributed by atoms with Crippen molar-refractivity contribution in [3.63, 3.8) is 0 Å². The third-order valence-corrected chi connectivity index (χ3v) is 2.11. The second-order valence-electron chi connectivity index (χ2n) is 3.91. The van der Waals surface area contributed by atoms with E-state index in [1.54, 1.807) is 0 Å². The number of hydrogen-bond acceptors (Lipinski definition) is 4. The Morgan fingerprint density at radius 1 is 1.00 bits per heavy atom. The molecule has 0 aliphatic heterocycles. The first-order valence-corrected chi connectivity index (χ1v) is 6.35. The van der Waals surface area contributed by atoms with Crippen molar-refractivity contribution in [3.8, 4) is 0 Å². The van der Waals surface area contributed by atoms with Crippen LogP contribution in [0.3, 0.4) is 0 Å². The molecule has 0 heterocycles. The molecular weight excluding hydrogens is 206 g/mol. The molecule has 0 saturated heterocycles. The Morgan fingerprint density at radius 2 is 1.69 bits per heavy atom. The Balaban J connectivity index is 3.08. The third-order valence-electron chi connectivity index (χ3n) is 2.11. The summed E-state index contributed by atoms with van der Waals surface area (Å²) in [7, 11) is 0. The molecular formula is C12H27NO3. The predicted octanol–water partition coefficient (Wildman–Crippen LogP) is 1.18. The van der Waals surface area contributed by atoms with Crippen LogP contribution in [-0.2, 0) is 9.47 Å². The molecule has 0 bridgehead atoms. The second-order valence-corrected chi connectivity index (χ2v) is 3.91. The average Bonchev–Trinajstić information content (AvgIpc) is 2.29. The fourth-order valence-corrected chi connectivity index (χ4v) is 1.18. The van der Waals surface area contributed by atoms with Crippen LogP contribution in [-0.4, -0.2) is 50.7 Å². The molecule has 0 aromatic heterocycles. The summed E-state index contributed by atoms with van der Waals surface area (Å²) in [5.74, 6) is 0. The molecule has 0 aromatic carbocycles. The molecule has 16 heavy (non-hydrogen) atoms. The normalized spacial score (nSPS) is 12.9. The van der Waals surface area contributed by atoms with Crippen molar-refractivity contribution in [2.45, 2.75) is 39.2 Å². The van der Waals surface area contributed by atoms with Gasteiger partial charge in [0.15, 0.2) is 0 Å². The minimum absolute atomic E-state index is 0.361. The van der Waals surface area contributed by atoms with Crippen molar-refractivity contribution in [3.05, 3.63) is 0 Å². The molecule has 0 saturated carbocycles. The number of unbranched alkanes of at least 4 members (excludes halogenated alkanes) is 1. The lowest BCUT2D eigenvalue weighted by molar-refractivity contribution is -0.0185. The van der Waals surface area contributed by atoms with E-state index < -0.39 is 6.10 Å². The average molecular weight is 233 g/mol. The summed E-state index contributed by atoms with van der Waals surface area (Å²) in [6, 6.07) is 0. The van der Waals surface area contributed by atoms with Crippen LogP contribution in [0.1, 0.15) is 33.1 Å². The van der Waals surface area contributed by atoms with E-state index in [2.05, 4.69) is 19.2 Å². The Kier molecular flexibility index (Phi) is 12.8. The first-order valence-electron chi connectivity index (χ1n) is 6.35. The maximum absolute atomic E-state index is 9.48. The topological polar surface area (TPSA) is 50.7 Å². The molecule has 0 aliphatic carbocycles. The number of aliphatic hydroxyl groups is 1. The SMILES string of the molecule is CCCCOCC(O)COCCNCCC. The molecule has 0 amide bonds. The summed E-state index contributed by atoms with van der Waals surface area (Å²) < 4.78 is 10.6. The Bertz CT molecular complexity index is 133. The van der Waals surface area contributed by atoms with Gasteiger partial charge in [-0.2, -0.15) is 0 Å². The van der Waals surface area contributed by atoms with Crippen LogP contribution >= 0.6 is 0 Å². The van der Waals surface area contributed by atoms with Crippen molar-refractivity contribution in [2.75, 3.05) is 39.5 Å². The van der Waals surface area contributed by atoms with Gasteiger partial charge in [0.25, 0.3) is 0 Å². The minimum Gasteiger partial charge on any atom is -0.388 e. The molecule has 98 valence electrons. The zero-order valence-corrected chi connectivity index (χ0v) is 10.7. The number of aliphatic hydroxyl groups excluding tert-OH is 1. The molecule has 0 aliphatic rings. The molecule has 2 N–H and O–H groups in total. The van der Waals surface area contributed by atoms with E-state index in [4.69, 9.17) is 9.47 Å². The molecule has 0 rings (SSSR count). The fraction of sp³-hybridized carbons (Fsp3) is 1.00. The first-order chi connectivity index (χ1) is 7.81. The van der Waals surface area contributed by atoms with Gasteiger partial charge in [0.05, 0.1) is 19.8 Å². The van der Waals surface area contributed by atoms with Crippen molar-refractivity contribution in [1.82, 2.24) is 5.32 Å². The molecule has 0 radical (unpaired) electrons. The van der Waals surface area contributed by atoms with Crippen molar-refractivity contribution < 1.29 is 14.6 Å². The van der Waals surface area contributed by atoms with Gasteiger partial charge < -0.3 is 19.9 Å². The van der Waals surface area contributed by atoms with Crippen molar-refractivity contribution in [1.29, 1.82) is 0 Å². The van der Waals surface area contributed by atoms with Crippen LogP contribution in [0.4, 0.5) is 0 Å². The maximum Gasteiger partial charge on any atom is 0.101 e. The summed E-state index contributed by atoms with van der Waals surface area (Å²) in [5.41, 5.74) is 0. The zero-order chi connectivity index (χ0) is 12.1. The Morgan fingerprint density at radius 3 is 2.31 bits per heavy atom. The van der Waals surface area contributed by atoms with Crippen molar-refractivity contribution in [2.24, 2.45) is 0 Å². The monoisotopic (exact) mass is 233 g/mol. The van der Waals surface area contributed by atoms with E-state index >= 15 is 0 Å². The van der Waals surface area contributed by atoms with E-state index in [9.17, 15) is 5.11 Å². The van der Waals surface area contributed by atoms with E-state index in [-0.39, 0.29) is 0 Å². The van der Waals surface area contributed by atoms with E-state index in [1.165, 1.54) is 0 Å².